The molecule has 12 atom stereocenters. The van der Waals surface area contributed by atoms with Gasteiger partial charge in [0.25, 0.3) is 0 Å². The van der Waals surface area contributed by atoms with Crippen molar-refractivity contribution in [2.45, 2.75) is 135 Å². The van der Waals surface area contributed by atoms with Gasteiger partial charge in [-0.15, -0.1) is 0 Å². The number of hydrogen-bond acceptors (Lipinski definition) is 10. The number of Topliss-reactive ketones (excluding diaryl/α,β-unsaturated/α-hetero) is 1. The number of carbonyl (C=O) groups excluding carboxylic acids is 3. The number of methoxy groups -OCH3 is 1. The summed E-state index contributed by atoms with van der Waals surface area (Å²) in [5, 5.41) is 11.4. The van der Waals surface area contributed by atoms with E-state index in [2.05, 4.69) is 0 Å². The maximum absolute atomic E-state index is 14.5. The molecule has 2 fully saturated rings. The summed E-state index contributed by atoms with van der Waals surface area (Å²) < 4.78 is 31.3. The topological polar surface area (TPSA) is 124 Å². The van der Waals surface area contributed by atoms with Crippen LogP contribution in [0.25, 0.3) is 0 Å². The first-order valence-electron chi connectivity index (χ1n) is 17.6. The van der Waals surface area contributed by atoms with Crippen molar-refractivity contribution in [3.05, 3.63) is 47.5 Å². The van der Waals surface area contributed by atoms with E-state index >= 15 is 0 Å². The molecule has 0 aliphatic carbocycles. The second-order valence-corrected chi connectivity index (χ2v) is 15.1. The number of aliphatic hydroxyl groups is 1. The number of rotatable bonds is 7. The number of aliphatic hydroxyl groups excluding tert-OH is 1. The van der Waals surface area contributed by atoms with Gasteiger partial charge in [0, 0.05) is 43.0 Å². The molecule has 274 valence electrons. The van der Waals surface area contributed by atoms with Crippen LogP contribution in [0.15, 0.2) is 42.0 Å². The minimum Gasteiger partial charge on any atom is -0.455 e. The number of nitrogens with zero attached hydrogens (tertiary/aromatic N) is 2. The SMILES string of the molecule is CC[C@H]1OC(=O)/C(C)=C/[C@H](C)[C@@H](O[C@@H]2O[C@H](C)C[C@H](N(C)C)[C@H]2O)[C@](C)(OC)C[C@@H](C)C(=O)[C@H](C)[C@H]2N(Cc3ccccc3)C(=O)O[C@]12C. The number of ether oxygens (including phenoxy) is 5. The van der Waals surface area contributed by atoms with Gasteiger partial charge in [-0.1, -0.05) is 64.1 Å². The van der Waals surface area contributed by atoms with Gasteiger partial charge in [-0.05, 0) is 66.6 Å². The molecular formula is C38H58N2O9. The molecule has 0 aromatic heterocycles. The van der Waals surface area contributed by atoms with E-state index < -0.39 is 71.7 Å². The number of benzene rings is 1. The van der Waals surface area contributed by atoms with Crippen LogP contribution in [0.3, 0.4) is 0 Å². The molecule has 0 radical (unpaired) electrons. The van der Waals surface area contributed by atoms with Crippen molar-refractivity contribution in [3.63, 3.8) is 0 Å². The van der Waals surface area contributed by atoms with Crippen LogP contribution in [0, 0.1) is 17.8 Å². The first-order valence-corrected chi connectivity index (χ1v) is 17.6. The lowest BCUT2D eigenvalue weighted by Gasteiger charge is -2.47. The second kappa shape index (κ2) is 15.6. The summed E-state index contributed by atoms with van der Waals surface area (Å²) in [5.41, 5.74) is -1.12. The van der Waals surface area contributed by atoms with Gasteiger partial charge < -0.3 is 33.7 Å². The maximum Gasteiger partial charge on any atom is 0.411 e. The summed E-state index contributed by atoms with van der Waals surface area (Å²) in [6, 6.07) is 8.63. The molecular weight excluding hydrogens is 628 g/mol. The fourth-order valence-corrected chi connectivity index (χ4v) is 8.33. The smallest absolute Gasteiger partial charge is 0.411 e. The van der Waals surface area contributed by atoms with Gasteiger partial charge in [0.1, 0.15) is 18.0 Å². The molecule has 1 aromatic carbocycles. The molecule has 0 bridgehead atoms. The van der Waals surface area contributed by atoms with Crippen LogP contribution in [0.2, 0.25) is 0 Å². The zero-order chi connectivity index (χ0) is 36.4. The van der Waals surface area contributed by atoms with E-state index in [-0.39, 0.29) is 30.9 Å². The summed E-state index contributed by atoms with van der Waals surface area (Å²) in [6.07, 6.45) is -1.17. The summed E-state index contributed by atoms with van der Waals surface area (Å²) in [5.74, 6) is -2.29. The van der Waals surface area contributed by atoms with Crippen LogP contribution in [0.4, 0.5) is 4.79 Å². The lowest BCUT2D eigenvalue weighted by Crippen LogP contribution is -2.59. The fraction of sp³-hybridized carbons (Fsp3) is 0.711. The van der Waals surface area contributed by atoms with E-state index in [1.54, 1.807) is 31.9 Å². The van der Waals surface area contributed by atoms with E-state index in [9.17, 15) is 19.5 Å². The summed E-state index contributed by atoms with van der Waals surface area (Å²) in [7, 11) is 5.41. The Hall–Kier alpha value is -2.83. The third kappa shape index (κ3) is 8.06. The average Bonchev–Trinajstić information content (AvgIpc) is 3.31. The molecule has 1 aromatic rings. The molecule has 0 saturated carbocycles. The van der Waals surface area contributed by atoms with E-state index in [1.165, 1.54) is 0 Å². The molecule has 3 aliphatic heterocycles. The van der Waals surface area contributed by atoms with Crippen LogP contribution in [-0.2, 0) is 39.8 Å². The lowest BCUT2D eigenvalue weighted by molar-refractivity contribution is -0.294. The van der Waals surface area contributed by atoms with Crippen LogP contribution in [-0.4, -0.2) is 108 Å². The zero-order valence-electron chi connectivity index (χ0n) is 31.2. The van der Waals surface area contributed by atoms with E-state index in [0.717, 1.165) is 5.56 Å². The Morgan fingerprint density at radius 1 is 1.06 bits per heavy atom. The highest BCUT2D eigenvalue weighted by molar-refractivity contribution is 5.88. The van der Waals surface area contributed by atoms with Crippen molar-refractivity contribution in [1.82, 2.24) is 9.80 Å². The maximum atomic E-state index is 14.5. The summed E-state index contributed by atoms with van der Waals surface area (Å²) in [4.78, 5) is 45.5. The van der Waals surface area contributed by atoms with E-state index in [0.29, 0.717) is 18.4 Å². The minimum atomic E-state index is -1.30. The predicted octanol–water partition coefficient (Wildman–Crippen LogP) is 5.13. The van der Waals surface area contributed by atoms with Gasteiger partial charge in [-0.25, -0.2) is 9.59 Å². The fourth-order valence-electron chi connectivity index (χ4n) is 8.33. The van der Waals surface area contributed by atoms with Gasteiger partial charge in [0.15, 0.2) is 11.9 Å². The number of likely N-dealkylation sites (N-methyl/N-ethyl adjacent to an activating group) is 1. The van der Waals surface area contributed by atoms with Gasteiger partial charge in [-0.3, -0.25) is 9.69 Å². The first kappa shape index (κ1) is 39.0. The number of cyclic esters (lactones) is 1. The molecule has 3 aliphatic rings. The Labute approximate surface area is 292 Å². The molecule has 2 saturated heterocycles. The molecule has 0 unspecified atom stereocenters. The number of ketones is 1. The van der Waals surface area contributed by atoms with Crippen molar-refractivity contribution in [3.8, 4) is 0 Å². The monoisotopic (exact) mass is 686 g/mol. The van der Waals surface area contributed by atoms with Gasteiger partial charge in [0.2, 0.25) is 0 Å². The quantitative estimate of drug-likeness (QED) is 0.386. The largest absolute Gasteiger partial charge is 0.455 e. The highest BCUT2D eigenvalue weighted by Gasteiger charge is 2.60. The Kier molecular flexibility index (Phi) is 12.4. The van der Waals surface area contributed by atoms with Crippen molar-refractivity contribution < 1.29 is 43.2 Å². The average molecular weight is 687 g/mol. The molecule has 11 nitrogen and oxygen atoms in total. The molecule has 49 heavy (non-hydrogen) atoms. The minimum absolute atomic E-state index is 0.0810. The highest BCUT2D eigenvalue weighted by atomic mass is 16.7. The van der Waals surface area contributed by atoms with Gasteiger partial charge in [0.05, 0.1) is 23.9 Å². The lowest BCUT2D eigenvalue weighted by atomic mass is 9.74. The third-order valence-corrected chi connectivity index (χ3v) is 11.0. The Balaban J connectivity index is 1.79. The highest BCUT2D eigenvalue weighted by Crippen LogP contribution is 2.43. The number of amides is 1. The van der Waals surface area contributed by atoms with Crippen LogP contribution >= 0.6 is 0 Å². The molecule has 3 heterocycles. The number of esters is 1. The predicted molar refractivity (Wildman–Crippen MR) is 184 cm³/mol. The molecule has 11 heteroatoms. The number of carbonyl (C=O) groups is 3. The normalized spacial score (nSPS) is 40.6. The molecule has 1 amide bonds. The Morgan fingerprint density at radius 3 is 2.31 bits per heavy atom. The molecule has 0 spiro atoms. The van der Waals surface area contributed by atoms with Crippen molar-refractivity contribution >= 4 is 17.8 Å². The number of hydrogen-bond donors (Lipinski definition) is 1. The van der Waals surface area contributed by atoms with Gasteiger partial charge >= 0.3 is 12.1 Å². The Bertz CT molecular complexity index is 1350. The standard InChI is InChI=1S/C38H58N2O9/c1-12-29-38(8)32(40(36(44)49-38)21-27-16-14-13-15-17-27)26(6)30(41)24(4)20-37(7,45-11)33(22(2)18-23(3)34(43)47-29)48-35-31(42)28(39(9)10)19-25(5)46-35/h13-18,22,24-26,28-29,31-33,35,42H,12,19-21H2,1-11H3/b23-18+/t22-,24+,25+,26-,28-,29+,31+,32+,33+,35-,37+,38+/m0/s1. The third-order valence-electron chi connectivity index (χ3n) is 11.0. The van der Waals surface area contributed by atoms with Crippen molar-refractivity contribution in [2.24, 2.45) is 17.8 Å². The zero-order valence-corrected chi connectivity index (χ0v) is 31.2. The molecule has 1 N–H and O–H groups in total. The van der Waals surface area contributed by atoms with E-state index in [1.807, 2.05) is 90.9 Å². The van der Waals surface area contributed by atoms with Crippen LogP contribution in [0.1, 0.15) is 80.2 Å². The Morgan fingerprint density at radius 2 is 1.71 bits per heavy atom. The molecule has 4 rings (SSSR count). The second-order valence-electron chi connectivity index (χ2n) is 15.1. The van der Waals surface area contributed by atoms with Crippen molar-refractivity contribution in [1.29, 1.82) is 0 Å². The first-order chi connectivity index (χ1) is 23.0. The van der Waals surface area contributed by atoms with Gasteiger partial charge in [-0.2, -0.15) is 0 Å². The van der Waals surface area contributed by atoms with Crippen LogP contribution in [0.5, 0.6) is 0 Å². The summed E-state index contributed by atoms with van der Waals surface area (Å²) in [6.45, 7) is 15.0. The van der Waals surface area contributed by atoms with Crippen molar-refractivity contribution in [2.75, 3.05) is 21.2 Å². The summed E-state index contributed by atoms with van der Waals surface area (Å²) >= 11 is 0. The number of fused-ring (bicyclic) bond motifs is 1. The van der Waals surface area contributed by atoms with Crippen LogP contribution < -0.4 is 0 Å². The van der Waals surface area contributed by atoms with E-state index in [4.69, 9.17) is 23.7 Å².